The van der Waals surface area contributed by atoms with Gasteiger partial charge < -0.3 is 20.0 Å². The SMILES string of the molecule is CC(N)(COC1CCC1)c1noc(-c2ccc(=O)[nH]c2)n1. The van der Waals surface area contributed by atoms with Crippen LogP contribution in [0.1, 0.15) is 32.0 Å². The van der Waals surface area contributed by atoms with Crippen molar-refractivity contribution in [1.29, 1.82) is 0 Å². The van der Waals surface area contributed by atoms with E-state index in [0.29, 0.717) is 30.0 Å². The minimum Gasteiger partial charge on any atom is -0.376 e. The predicted molar refractivity (Wildman–Crippen MR) is 75.5 cm³/mol. The average Bonchev–Trinajstić information content (AvgIpc) is 2.88. The molecule has 112 valence electrons. The van der Waals surface area contributed by atoms with Gasteiger partial charge in [-0.3, -0.25) is 4.79 Å². The molecule has 3 rings (SSSR count). The Morgan fingerprint density at radius 1 is 1.52 bits per heavy atom. The first-order chi connectivity index (χ1) is 10.0. The van der Waals surface area contributed by atoms with Crippen LogP contribution in [0, 0.1) is 0 Å². The first-order valence-electron chi connectivity index (χ1n) is 6.98. The zero-order chi connectivity index (χ0) is 14.9. The third-order valence-corrected chi connectivity index (χ3v) is 3.64. The number of pyridine rings is 1. The van der Waals surface area contributed by atoms with Crippen LogP contribution in [0.5, 0.6) is 0 Å². The number of hydrogen-bond donors (Lipinski definition) is 2. The van der Waals surface area contributed by atoms with E-state index in [0.717, 1.165) is 12.8 Å². The van der Waals surface area contributed by atoms with Crippen molar-refractivity contribution in [2.45, 2.75) is 37.8 Å². The molecule has 1 fully saturated rings. The normalized spacial score (nSPS) is 18.2. The highest BCUT2D eigenvalue weighted by Gasteiger charge is 2.30. The van der Waals surface area contributed by atoms with Crippen LogP contribution < -0.4 is 11.3 Å². The van der Waals surface area contributed by atoms with Crippen molar-refractivity contribution >= 4 is 0 Å². The third kappa shape index (κ3) is 3.03. The van der Waals surface area contributed by atoms with Crippen molar-refractivity contribution < 1.29 is 9.26 Å². The van der Waals surface area contributed by atoms with Crippen LogP contribution in [0.4, 0.5) is 0 Å². The second kappa shape index (κ2) is 5.42. The summed E-state index contributed by atoms with van der Waals surface area (Å²) in [5.41, 5.74) is 5.87. The second-order valence-electron chi connectivity index (χ2n) is 5.65. The molecule has 1 aliphatic rings. The van der Waals surface area contributed by atoms with Crippen LogP contribution in [0.15, 0.2) is 27.6 Å². The highest BCUT2D eigenvalue weighted by molar-refractivity contribution is 5.50. The van der Waals surface area contributed by atoms with Gasteiger partial charge in [0.25, 0.3) is 5.89 Å². The van der Waals surface area contributed by atoms with Gasteiger partial charge in [-0.1, -0.05) is 5.16 Å². The van der Waals surface area contributed by atoms with E-state index in [1.807, 2.05) is 6.92 Å². The molecule has 21 heavy (non-hydrogen) atoms. The Labute approximate surface area is 121 Å². The van der Waals surface area contributed by atoms with Crippen molar-refractivity contribution in [3.8, 4) is 11.5 Å². The molecule has 2 aromatic heterocycles. The Kier molecular flexibility index (Phi) is 3.60. The van der Waals surface area contributed by atoms with Gasteiger partial charge in [-0.05, 0) is 32.3 Å². The van der Waals surface area contributed by atoms with Crippen LogP contribution in [0.3, 0.4) is 0 Å². The summed E-state index contributed by atoms with van der Waals surface area (Å²) in [6, 6.07) is 3.02. The van der Waals surface area contributed by atoms with Gasteiger partial charge in [0, 0.05) is 12.3 Å². The molecule has 0 spiro atoms. The molecule has 0 aliphatic heterocycles. The number of rotatable bonds is 5. The van der Waals surface area contributed by atoms with Crippen molar-refractivity contribution in [2.24, 2.45) is 5.73 Å². The second-order valence-corrected chi connectivity index (χ2v) is 5.65. The molecule has 1 aliphatic carbocycles. The summed E-state index contributed by atoms with van der Waals surface area (Å²) in [7, 11) is 0. The highest BCUT2D eigenvalue weighted by atomic mass is 16.5. The van der Waals surface area contributed by atoms with Crippen molar-refractivity contribution in [3.63, 3.8) is 0 Å². The van der Waals surface area contributed by atoms with Crippen molar-refractivity contribution in [2.75, 3.05) is 6.61 Å². The Bertz CT molecular complexity index is 652. The van der Waals surface area contributed by atoms with E-state index < -0.39 is 5.54 Å². The number of H-pyrrole nitrogens is 1. The molecule has 7 nitrogen and oxygen atoms in total. The van der Waals surface area contributed by atoms with E-state index in [9.17, 15) is 4.79 Å². The fraction of sp³-hybridized carbons (Fsp3) is 0.500. The van der Waals surface area contributed by atoms with Crippen LogP contribution in [-0.4, -0.2) is 27.8 Å². The van der Waals surface area contributed by atoms with Crippen molar-refractivity contribution in [3.05, 3.63) is 34.5 Å². The molecule has 0 radical (unpaired) electrons. The Morgan fingerprint density at radius 3 is 2.95 bits per heavy atom. The monoisotopic (exact) mass is 290 g/mol. The Balaban J connectivity index is 1.73. The van der Waals surface area contributed by atoms with E-state index in [1.165, 1.54) is 18.7 Å². The van der Waals surface area contributed by atoms with Gasteiger partial charge >= 0.3 is 0 Å². The van der Waals surface area contributed by atoms with Gasteiger partial charge in [0.05, 0.1) is 18.3 Å². The lowest BCUT2D eigenvalue weighted by molar-refractivity contribution is -0.0222. The maximum absolute atomic E-state index is 11.0. The fourth-order valence-corrected chi connectivity index (χ4v) is 2.01. The summed E-state index contributed by atoms with van der Waals surface area (Å²) < 4.78 is 10.9. The average molecular weight is 290 g/mol. The van der Waals surface area contributed by atoms with Gasteiger partial charge in [-0.25, -0.2) is 0 Å². The summed E-state index contributed by atoms with van der Waals surface area (Å²) in [4.78, 5) is 17.9. The lowest BCUT2D eigenvalue weighted by Gasteiger charge is -2.29. The zero-order valence-corrected chi connectivity index (χ0v) is 11.8. The maximum Gasteiger partial charge on any atom is 0.259 e. The van der Waals surface area contributed by atoms with E-state index >= 15 is 0 Å². The highest BCUT2D eigenvalue weighted by Crippen LogP contribution is 2.25. The molecule has 7 heteroatoms. The van der Waals surface area contributed by atoms with E-state index in [2.05, 4.69) is 15.1 Å². The number of nitrogens with zero attached hydrogens (tertiary/aromatic N) is 2. The summed E-state index contributed by atoms with van der Waals surface area (Å²) in [6.07, 6.45) is 5.22. The zero-order valence-electron chi connectivity index (χ0n) is 11.8. The minimum atomic E-state index is -0.806. The Morgan fingerprint density at radius 2 is 2.33 bits per heavy atom. The van der Waals surface area contributed by atoms with Gasteiger partial charge in [0.15, 0.2) is 5.82 Å². The molecule has 0 bridgehead atoms. The molecule has 0 aromatic carbocycles. The number of hydrogen-bond acceptors (Lipinski definition) is 6. The first-order valence-corrected chi connectivity index (χ1v) is 6.98. The molecule has 1 atom stereocenters. The standard InChI is InChI=1S/C14H18N4O3/c1-14(15,8-20-10-3-2-4-10)13-17-12(21-18-13)9-5-6-11(19)16-7-9/h5-7,10H,2-4,8,15H2,1H3,(H,16,19). The maximum atomic E-state index is 11.0. The molecular weight excluding hydrogens is 272 g/mol. The quantitative estimate of drug-likeness (QED) is 0.856. The van der Waals surface area contributed by atoms with E-state index in [1.54, 1.807) is 6.07 Å². The topological polar surface area (TPSA) is 107 Å². The third-order valence-electron chi connectivity index (χ3n) is 3.64. The van der Waals surface area contributed by atoms with Gasteiger partial charge in [0.2, 0.25) is 5.56 Å². The molecule has 3 N–H and O–H groups in total. The number of nitrogens with one attached hydrogen (secondary N) is 1. The predicted octanol–water partition coefficient (Wildman–Crippen LogP) is 1.17. The van der Waals surface area contributed by atoms with E-state index in [4.69, 9.17) is 15.0 Å². The first kappa shape index (κ1) is 14.0. The molecule has 2 aromatic rings. The Hall–Kier alpha value is -1.99. The molecule has 1 saturated carbocycles. The van der Waals surface area contributed by atoms with Crippen molar-refractivity contribution in [1.82, 2.24) is 15.1 Å². The lowest BCUT2D eigenvalue weighted by atomic mass is 9.95. The molecular formula is C14H18N4O3. The number of ether oxygens (including phenoxy) is 1. The van der Waals surface area contributed by atoms with Gasteiger partial charge in [-0.15, -0.1) is 0 Å². The lowest BCUT2D eigenvalue weighted by Crippen LogP contribution is -2.41. The minimum absolute atomic E-state index is 0.184. The number of aromatic amines is 1. The molecule has 1 unspecified atom stereocenters. The van der Waals surface area contributed by atoms with E-state index in [-0.39, 0.29) is 5.56 Å². The van der Waals surface area contributed by atoms with Crippen LogP contribution in [-0.2, 0) is 10.3 Å². The van der Waals surface area contributed by atoms with Crippen LogP contribution >= 0.6 is 0 Å². The van der Waals surface area contributed by atoms with Crippen LogP contribution in [0.2, 0.25) is 0 Å². The van der Waals surface area contributed by atoms with Gasteiger partial charge in [0.1, 0.15) is 5.54 Å². The largest absolute Gasteiger partial charge is 0.376 e. The summed E-state index contributed by atoms with van der Waals surface area (Å²) in [5.74, 6) is 0.713. The van der Waals surface area contributed by atoms with Gasteiger partial charge in [-0.2, -0.15) is 4.98 Å². The molecule has 2 heterocycles. The molecule has 0 saturated heterocycles. The van der Waals surface area contributed by atoms with Crippen LogP contribution in [0.25, 0.3) is 11.5 Å². The molecule has 0 amide bonds. The smallest absolute Gasteiger partial charge is 0.259 e. The summed E-state index contributed by atoms with van der Waals surface area (Å²) in [5, 5.41) is 3.93. The fourth-order valence-electron chi connectivity index (χ4n) is 2.01. The summed E-state index contributed by atoms with van der Waals surface area (Å²) in [6.45, 7) is 2.16. The number of nitrogens with two attached hydrogens (primary N) is 1. The number of aromatic nitrogens is 3. The summed E-state index contributed by atoms with van der Waals surface area (Å²) >= 11 is 0.